The third-order valence-electron chi connectivity index (χ3n) is 4.02. The fraction of sp³-hybridized carbons (Fsp3) is 0.263. The molecule has 2 amide bonds. The lowest BCUT2D eigenvalue weighted by Crippen LogP contribution is -2.46. The van der Waals surface area contributed by atoms with Crippen LogP contribution in [0.2, 0.25) is 10.0 Å². The number of rotatable bonds is 9. The van der Waals surface area contributed by atoms with Gasteiger partial charge in [-0.1, -0.05) is 35.3 Å². The zero-order chi connectivity index (χ0) is 21.4. The highest BCUT2D eigenvalue weighted by molar-refractivity contribution is 7.98. The van der Waals surface area contributed by atoms with Crippen molar-refractivity contribution >= 4 is 52.5 Å². The van der Waals surface area contributed by atoms with E-state index in [1.54, 1.807) is 36.0 Å². The Morgan fingerprint density at radius 1 is 1.17 bits per heavy atom. The lowest BCUT2D eigenvalue weighted by Gasteiger charge is -2.18. The van der Waals surface area contributed by atoms with E-state index in [-0.39, 0.29) is 28.7 Å². The number of halogens is 2. The molecule has 29 heavy (non-hydrogen) atoms. The van der Waals surface area contributed by atoms with Gasteiger partial charge in [-0.3, -0.25) is 19.7 Å². The smallest absolute Gasteiger partial charge is 0.288 e. The third kappa shape index (κ3) is 6.92. The topological polar surface area (TPSA) is 101 Å². The number of nitro benzene ring substituents is 1. The molecule has 0 heterocycles. The Morgan fingerprint density at radius 2 is 1.86 bits per heavy atom. The van der Waals surface area contributed by atoms with Crippen LogP contribution in [0.3, 0.4) is 0 Å². The minimum atomic E-state index is -0.781. The van der Waals surface area contributed by atoms with Crippen LogP contribution in [0.5, 0.6) is 0 Å². The first-order valence-corrected chi connectivity index (χ1v) is 10.7. The molecule has 2 aromatic carbocycles. The molecule has 0 aliphatic carbocycles. The molecule has 154 valence electrons. The molecule has 2 N–H and O–H groups in total. The summed E-state index contributed by atoms with van der Waals surface area (Å²) >= 11 is 13.2. The van der Waals surface area contributed by atoms with Crippen molar-refractivity contribution in [3.05, 3.63) is 73.8 Å². The average Bonchev–Trinajstić information content (AvgIpc) is 2.70. The number of amides is 2. The normalized spacial score (nSPS) is 11.6. The van der Waals surface area contributed by atoms with Gasteiger partial charge in [0, 0.05) is 23.2 Å². The summed E-state index contributed by atoms with van der Waals surface area (Å²) in [5.74, 6) is -0.275. The summed E-state index contributed by atoms with van der Waals surface area (Å²) in [6.07, 6.45) is 2.31. The second kappa shape index (κ2) is 11.0. The van der Waals surface area contributed by atoms with Crippen LogP contribution in [0.15, 0.2) is 42.5 Å². The number of nitro groups is 1. The van der Waals surface area contributed by atoms with E-state index in [2.05, 4.69) is 10.6 Å². The zero-order valence-electron chi connectivity index (χ0n) is 15.5. The maximum Gasteiger partial charge on any atom is 0.288 e. The number of nitrogens with zero attached hydrogens (tertiary/aromatic N) is 1. The van der Waals surface area contributed by atoms with Gasteiger partial charge in [0.15, 0.2) is 0 Å². The van der Waals surface area contributed by atoms with E-state index in [1.807, 2.05) is 6.26 Å². The molecule has 0 fully saturated rings. The van der Waals surface area contributed by atoms with Crippen LogP contribution < -0.4 is 10.6 Å². The fourth-order valence-electron chi connectivity index (χ4n) is 2.45. The standard InChI is InChI=1S/C19H19Cl2N3O4S/c1-29-9-8-16(19(26)22-11-12-2-5-14(20)6-3-12)23-18(25)13-4-7-15(21)17(10-13)24(27)28/h2-7,10,16H,8-9,11H2,1H3,(H,22,26)(H,23,25). The third-order valence-corrected chi connectivity index (χ3v) is 5.23. The summed E-state index contributed by atoms with van der Waals surface area (Å²) in [5, 5.41) is 17.0. The second-order valence-electron chi connectivity index (χ2n) is 6.08. The second-order valence-corrected chi connectivity index (χ2v) is 7.90. The summed E-state index contributed by atoms with van der Waals surface area (Å²) in [6.45, 7) is 0.286. The zero-order valence-corrected chi connectivity index (χ0v) is 17.8. The molecule has 2 aromatic rings. The van der Waals surface area contributed by atoms with Crippen LogP contribution in [0.1, 0.15) is 22.3 Å². The first-order chi connectivity index (χ1) is 13.8. The Balaban J connectivity index is 2.07. The number of benzene rings is 2. The highest BCUT2D eigenvalue weighted by Gasteiger charge is 2.23. The lowest BCUT2D eigenvalue weighted by atomic mass is 10.1. The maximum absolute atomic E-state index is 12.6. The number of nitrogens with one attached hydrogen (secondary N) is 2. The summed E-state index contributed by atoms with van der Waals surface area (Å²) < 4.78 is 0. The van der Waals surface area contributed by atoms with Crippen molar-refractivity contribution in [2.75, 3.05) is 12.0 Å². The largest absolute Gasteiger partial charge is 0.350 e. The number of hydrogen-bond donors (Lipinski definition) is 2. The summed E-state index contributed by atoms with van der Waals surface area (Å²) in [7, 11) is 0. The van der Waals surface area contributed by atoms with Crippen molar-refractivity contribution < 1.29 is 14.5 Å². The Bertz CT molecular complexity index is 894. The first-order valence-electron chi connectivity index (χ1n) is 8.57. The van der Waals surface area contributed by atoms with Crippen molar-refractivity contribution in [2.24, 2.45) is 0 Å². The van der Waals surface area contributed by atoms with Crippen LogP contribution in [0.4, 0.5) is 5.69 Å². The van der Waals surface area contributed by atoms with Crippen molar-refractivity contribution in [1.29, 1.82) is 0 Å². The number of carbonyl (C=O) groups excluding carboxylic acids is 2. The Labute approximate surface area is 182 Å². The molecule has 2 rings (SSSR count). The highest BCUT2D eigenvalue weighted by atomic mass is 35.5. The van der Waals surface area contributed by atoms with Gasteiger partial charge in [0.1, 0.15) is 11.1 Å². The quantitative estimate of drug-likeness (QED) is 0.438. The highest BCUT2D eigenvalue weighted by Crippen LogP contribution is 2.25. The molecule has 10 heteroatoms. The van der Waals surface area contributed by atoms with Crippen molar-refractivity contribution in [2.45, 2.75) is 19.0 Å². The van der Waals surface area contributed by atoms with Crippen molar-refractivity contribution in [1.82, 2.24) is 10.6 Å². The molecular formula is C19H19Cl2N3O4S. The van der Waals surface area contributed by atoms with Crippen LogP contribution in [0, 0.1) is 10.1 Å². The van der Waals surface area contributed by atoms with E-state index in [0.29, 0.717) is 17.2 Å². The Hall–Kier alpha value is -2.29. The fourth-order valence-corrected chi connectivity index (χ4v) is 3.24. The molecule has 1 unspecified atom stereocenters. The monoisotopic (exact) mass is 455 g/mol. The summed E-state index contributed by atoms with van der Waals surface area (Å²) in [6, 6.07) is 10.0. The number of hydrogen-bond acceptors (Lipinski definition) is 5. The molecule has 0 saturated heterocycles. The number of thioether (sulfide) groups is 1. The van der Waals surface area contributed by atoms with Gasteiger partial charge in [0.05, 0.1) is 4.92 Å². The maximum atomic E-state index is 12.6. The first kappa shape index (κ1) is 23.0. The van der Waals surface area contributed by atoms with Crippen molar-refractivity contribution in [3.8, 4) is 0 Å². The average molecular weight is 456 g/mol. The Morgan fingerprint density at radius 3 is 2.48 bits per heavy atom. The van der Waals surface area contributed by atoms with Crippen LogP contribution in [0.25, 0.3) is 0 Å². The molecule has 0 aliphatic rings. The van der Waals surface area contributed by atoms with Gasteiger partial charge in [-0.05, 0) is 48.3 Å². The molecular weight excluding hydrogens is 437 g/mol. The minimum absolute atomic E-state index is 0.0563. The molecule has 1 atom stereocenters. The van der Waals surface area contributed by atoms with Gasteiger partial charge in [-0.2, -0.15) is 11.8 Å². The molecule has 0 radical (unpaired) electrons. The van der Waals surface area contributed by atoms with Gasteiger partial charge < -0.3 is 10.6 Å². The van der Waals surface area contributed by atoms with Gasteiger partial charge in [-0.25, -0.2) is 0 Å². The Kier molecular flexibility index (Phi) is 8.75. The number of carbonyl (C=O) groups is 2. The molecule has 0 aromatic heterocycles. The van der Waals surface area contributed by atoms with Gasteiger partial charge in [0.2, 0.25) is 5.91 Å². The summed E-state index contributed by atoms with van der Waals surface area (Å²) in [5.41, 5.74) is 0.555. The SMILES string of the molecule is CSCCC(NC(=O)c1ccc(Cl)c([N+](=O)[O-])c1)C(=O)NCc1ccc(Cl)cc1. The van der Waals surface area contributed by atoms with E-state index >= 15 is 0 Å². The predicted octanol–water partition coefficient (Wildman–Crippen LogP) is 4.07. The van der Waals surface area contributed by atoms with E-state index in [1.165, 1.54) is 12.1 Å². The van der Waals surface area contributed by atoms with E-state index < -0.39 is 16.9 Å². The van der Waals surface area contributed by atoms with Crippen LogP contribution in [-0.4, -0.2) is 34.8 Å². The molecule has 0 saturated carbocycles. The predicted molar refractivity (Wildman–Crippen MR) is 116 cm³/mol. The van der Waals surface area contributed by atoms with Gasteiger partial charge in [0.25, 0.3) is 11.6 Å². The van der Waals surface area contributed by atoms with Crippen LogP contribution >= 0.6 is 35.0 Å². The van der Waals surface area contributed by atoms with Gasteiger partial charge >= 0.3 is 0 Å². The molecule has 0 bridgehead atoms. The van der Waals surface area contributed by atoms with Gasteiger partial charge in [-0.15, -0.1) is 0 Å². The van der Waals surface area contributed by atoms with Crippen LogP contribution in [-0.2, 0) is 11.3 Å². The van der Waals surface area contributed by atoms with E-state index in [4.69, 9.17) is 23.2 Å². The lowest BCUT2D eigenvalue weighted by molar-refractivity contribution is -0.384. The molecule has 0 aliphatic heterocycles. The minimum Gasteiger partial charge on any atom is -0.350 e. The van der Waals surface area contributed by atoms with Crippen molar-refractivity contribution in [3.63, 3.8) is 0 Å². The summed E-state index contributed by atoms with van der Waals surface area (Å²) in [4.78, 5) is 35.5. The molecule has 0 spiro atoms. The van der Waals surface area contributed by atoms with E-state index in [0.717, 1.165) is 11.6 Å². The van der Waals surface area contributed by atoms with E-state index in [9.17, 15) is 19.7 Å². The molecule has 7 nitrogen and oxygen atoms in total.